The number of primary amides is 1. The number of hydrogen-bond acceptors (Lipinski definition) is 4. The minimum atomic E-state index is -0.260. The molecule has 1 fully saturated rings. The fourth-order valence-corrected chi connectivity index (χ4v) is 3.14. The zero-order valence-corrected chi connectivity index (χ0v) is 11.9. The van der Waals surface area contributed by atoms with E-state index in [9.17, 15) is 9.59 Å². The Morgan fingerprint density at radius 3 is 2.90 bits per heavy atom. The van der Waals surface area contributed by atoms with Gasteiger partial charge in [-0.05, 0) is 37.0 Å². The first kappa shape index (κ1) is 13.7. The van der Waals surface area contributed by atoms with Gasteiger partial charge in [-0.2, -0.15) is 0 Å². The molecule has 2 heterocycles. The molecule has 5 N–H and O–H groups in total. The van der Waals surface area contributed by atoms with E-state index in [0.29, 0.717) is 18.7 Å². The minimum Gasteiger partial charge on any atom is -0.397 e. The number of nitrogens with zero attached hydrogens (tertiary/aromatic N) is 1. The van der Waals surface area contributed by atoms with Crippen molar-refractivity contribution in [3.8, 4) is 0 Å². The molecule has 6 heteroatoms. The molecule has 0 radical (unpaired) electrons. The second kappa shape index (κ2) is 5.27. The SMILES string of the molecule is NC(=O)C1CCCN(c2cc3c(cc2N)CCC(=O)N3)C1. The normalized spacial score (nSPS) is 21.6. The predicted octanol–water partition coefficient (Wildman–Crippen LogP) is 0.855. The van der Waals surface area contributed by atoms with Gasteiger partial charge in [0.15, 0.2) is 0 Å². The minimum absolute atomic E-state index is 0.0341. The number of carbonyl (C=O) groups excluding carboxylic acids is 2. The summed E-state index contributed by atoms with van der Waals surface area (Å²) in [6.45, 7) is 1.44. The van der Waals surface area contributed by atoms with Gasteiger partial charge in [-0.1, -0.05) is 0 Å². The summed E-state index contributed by atoms with van der Waals surface area (Å²) in [5.74, 6) is -0.361. The molecule has 0 spiro atoms. The van der Waals surface area contributed by atoms with Crippen LogP contribution in [-0.2, 0) is 16.0 Å². The first-order valence-corrected chi connectivity index (χ1v) is 7.31. The molecule has 2 aliphatic rings. The molecule has 1 unspecified atom stereocenters. The Morgan fingerprint density at radius 1 is 1.33 bits per heavy atom. The number of aryl methyl sites for hydroxylation is 1. The van der Waals surface area contributed by atoms with Gasteiger partial charge in [-0.3, -0.25) is 9.59 Å². The molecule has 0 bridgehead atoms. The summed E-state index contributed by atoms with van der Waals surface area (Å²) >= 11 is 0. The van der Waals surface area contributed by atoms with Gasteiger partial charge in [0.1, 0.15) is 0 Å². The van der Waals surface area contributed by atoms with Crippen LogP contribution < -0.4 is 21.7 Å². The second-order valence-electron chi connectivity index (χ2n) is 5.80. The lowest BCUT2D eigenvalue weighted by Crippen LogP contribution is -2.41. The number of nitrogens with one attached hydrogen (secondary N) is 1. The Hall–Kier alpha value is -2.24. The zero-order chi connectivity index (χ0) is 15.0. The molecule has 2 aliphatic heterocycles. The van der Waals surface area contributed by atoms with Gasteiger partial charge < -0.3 is 21.7 Å². The molecular formula is C15H20N4O2. The number of nitrogen functional groups attached to an aromatic ring is 1. The molecule has 0 aromatic heterocycles. The first-order chi connectivity index (χ1) is 10.0. The molecule has 2 amide bonds. The fourth-order valence-electron chi connectivity index (χ4n) is 3.14. The predicted molar refractivity (Wildman–Crippen MR) is 81.9 cm³/mol. The van der Waals surface area contributed by atoms with E-state index < -0.39 is 0 Å². The Morgan fingerprint density at radius 2 is 2.14 bits per heavy atom. The lowest BCUT2D eigenvalue weighted by atomic mass is 9.95. The highest BCUT2D eigenvalue weighted by Gasteiger charge is 2.26. The van der Waals surface area contributed by atoms with Crippen LogP contribution in [0.3, 0.4) is 0 Å². The molecule has 6 nitrogen and oxygen atoms in total. The monoisotopic (exact) mass is 288 g/mol. The molecule has 1 aromatic rings. The van der Waals surface area contributed by atoms with E-state index in [1.807, 2.05) is 12.1 Å². The molecule has 1 saturated heterocycles. The average Bonchev–Trinajstić information content (AvgIpc) is 2.47. The zero-order valence-electron chi connectivity index (χ0n) is 11.9. The molecule has 112 valence electrons. The van der Waals surface area contributed by atoms with Crippen molar-refractivity contribution in [2.24, 2.45) is 11.7 Å². The Bertz CT molecular complexity index is 600. The highest BCUT2D eigenvalue weighted by Crippen LogP contribution is 2.35. The summed E-state index contributed by atoms with van der Waals surface area (Å²) in [6, 6.07) is 3.85. The highest BCUT2D eigenvalue weighted by atomic mass is 16.2. The van der Waals surface area contributed by atoms with Crippen molar-refractivity contribution in [1.82, 2.24) is 0 Å². The second-order valence-corrected chi connectivity index (χ2v) is 5.80. The van der Waals surface area contributed by atoms with E-state index in [2.05, 4.69) is 10.2 Å². The van der Waals surface area contributed by atoms with Crippen molar-refractivity contribution in [1.29, 1.82) is 0 Å². The van der Waals surface area contributed by atoms with Gasteiger partial charge in [0.05, 0.1) is 17.3 Å². The summed E-state index contributed by atoms with van der Waals surface area (Å²) in [5.41, 5.74) is 15.0. The van der Waals surface area contributed by atoms with Gasteiger partial charge in [0.2, 0.25) is 11.8 Å². The van der Waals surface area contributed by atoms with Crippen LogP contribution in [0.1, 0.15) is 24.8 Å². The fraction of sp³-hybridized carbons (Fsp3) is 0.467. The Labute approximate surface area is 123 Å². The van der Waals surface area contributed by atoms with Crippen molar-refractivity contribution in [3.05, 3.63) is 17.7 Å². The third kappa shape index (κ3) is 2.66. The summed E-state index contributed by atoms with van der Waals surface area (Å²) in [7, 11) is 0. The van der Waals surface area contributed by atoms with Gasteiger partial charge in [-0.25, -0.2) is 0 Å². The number of nitrogens with two attached hydrogens (primary N) is 2. The van der Waals surface area contributed by atoms with Gasteiger partial charge in [0, 0.05) is 25.2 Å². The van der Waals surface area contributed by atoms with Gasteiger partial charge >= 0.3 is 0 Å². The number of fused-ring (bicyclic) bond motifs is 1. The van der Waals surface area contributed by atoms with E-state index >= 15 is 0 Å². The summed E-state index contributed by atoms with van der Waals surface area (Å²) in [4.78, 5) is 25.0. The van der Waals surface area contributed by atoms with E-state index in [4.69, 9.17) is 11.5 Å². The van der Waals surface area contributed by atoms with Crippen LogP contribution in [0.2, 0.25) is 0 Å². The highest BCUT2D eigenvalue weighted by molar-refractivity contribution is 5.95. The molecular weight excluding hydrogens is 268 g/mol. The van der Waals surface area contributed by atoms with Crippen molar-refractivity contribution in [2.45, 2.75) is 25.7 Å². The van der Waals surface area contributed by atoms with Crippen LogP contribution in [0.4, 0.5) is 17.1 Å². The maximum Gasteiger partial charge on any atom is 0.224 e. The van der Waals surface area contributed by atoms with Crippen LogP contribution >= 0.6 is 0 Å². The van der Waals surface area contributed by atoms with Crippen molar-refractivity contribution in [2.75, 3.05) is 29.0 Å². The number of amides is 2. The van der Waals surface area contributed by atoms with Crippen molar-refractivity contribution < 1.29 is 9.59 Å². The number of carbonyl (C=O) groups is 2. The largest absolute Gasteiger partial charge is 0.397 e. The first-order valence-electron chi connectivity index (χ1n) is 7.31. The molecule has 0 aliphatic carbocycles. The number of anilines is 3. The Kier molecular flexibility index (Phi) is 3.45. The number of hydrogen-bond donors (Lipinski definition) is 3. The van der Waals surface area contributed by atoms with Crippen LogP contribution in [0.15, 0.2) is 12.1 Å². The molecule has 3 rings (SSSR count). The van der Waals surface area contributed by atoms with Gasteiger partial charge in [0.25, 0.3) is 0 Å². The van der Waals surface area contributed by atoms with E-state index in [1.165, 1.54) is 0 Å². The lowest BCUT2D eigenvalue weighted by Gasteiger charge is -2.34. The number of piperidine rings is 1. The van der Waals surface area contributed by atoms with Crippen LogP contribution in [0.5, 0.6) is 0 Å². The topological polar surface area (TPSA) is 101 Å². The van der Waals surface area contributed by atoms with Crippen LogP contribution in [-0.4, -0.2) is 24.9 Å². The van der Waals surface area contributed by atoms with Crippen molar-refractivity contribution in [3.63, 3.8) is 0 Å². The number of rotatable bonds is 2. The average molecular weight is 288 g/mol. The van der Waals surface area contributed by atoms with Crippen LogP contribution in [0.25, 0.3) is 0 Å². The molecule has 21 heavy (non-hydrogen) atoms. The quantitative estimate of drug-likeness (QED) is 0.702. The lowest BCUT2D eigenvalue weighted by molar-refractivity contribution is -0.122. The standard InChI is InChI=1S/C15H20N4O2/c16-11-6-9-3-4-14(20)18-12(9)7-13(11)19-5-1-2-10(8-19)15(17)21/h6-7,10H,1-5,8,16H2,(H2,17,21)(H,18,20). The molecule has 0 saturated carbocycles. The summed E-state index contributed by atoms with van der Waals surface area (Å²) in [5, 5.41) is 2.89. The van der Waals surface area contributed by atoms with E-state index in [1.54, 1.807) is 0 Å². The van der Waals surface area contributed by atoms with Crippen LogP contribution in [0, 0.1) is 5.92 Å². The summed E-state index contributed by atoms with van der Waals surface area (Å²) in [6.07, 6.45) is 2.96. The maximum atomic E-state index is 11.5. The van der Waals surface area contributed by atoms with E-state index in [-0.39, 0.29) is 17.7 Å². The van der Waals surface area contributed by atoms with E-state index in [0.717, 1.165) is 42.7 Å². The van der Waals surface area contributed by atoms with Gasteiger partial charge in [-0.15, -0.1) is 0 Å². The smallest absolute Gasteiger partial charge is 0.224 e. The molecule has 1 aromatic carbocycles. The third-order valence-electron chi connectivity index (χ3n) is 4.31. The molecule has 1 atom stereocenters. The number of benzene rings is 1. The third-order valence-corrected chi connectivity index (χ3v) is 4.31. The maximum absolute atomic E-state index is 11.5. The van der Waals surface area contributed by atoms with Crippen molar-refractivity contribution >= 4 is 28.9 Å². The summed E-state index contributed by atoms with van der Waals surface area (Å²) < 4.78 is 0. The Balaban J connectivity index is 1.89.